The maximum atomic E-state index is 11.4. The summed E-state index contributed by atoms with van der Waals surface area (Å²) in [7, 11) is 0. The minimum absolute atomic E-state index is 0.0832. The summed E-state index contributed by atoms with van der Waals surface area (Å²) in [5.74, 6) is 1.03. The SMILES string of the molecule is CC(=O)O[C@]12CCCC[C@@H]1C1=CCCCC[C@@H]12. The van der Waals surface area contributed by atoms with Crippen molar-refractivity contribution in [2.75, 3.05) is 0 Å². The maximum absolute atomic E-state index is 11.4. The molecule has 3 aliphatic rings. The number of hydrogen-bond acceptors (Lipinski definition) is 2. The first-order valence-electron chi connectivity index (χ1n) is 7.13. The van der Waals surface area contributed by atoms with Crippen LogP contribution < -0.4 is 0 Å². The molecule has 3 aliphatic carbocycles. The molecular weight excluding hydrogens is 212 g/mol. The lowest BCUT2D eigenvalue weighted by molar-refractivity contribution is -0.191. The van der Waals surface area contributed by atoms with Gasteiger partial charge in [-0.2, -0.15) is 0 Å². The maximum Gasteiger partial charge on any atom is 0.303 e. The molecule has 17 heavy (non-hydrogen) atoms. The van der Waals surface area contributed by atoms with Crippen LogP contribution in [0.5, 0.6) is 0 Å². The van der Waals surface area contributed by atoms with Crippen LogP contribution in [0.2, 0.25) is 0 Å². The number of carbonyl (C=O) groups is 1. The molecule has 3 atom stereocenters. The largest absolute Gasteiger partial charge is 0.458 e. The molecule has 0 aliphatic heterocycles. The smallest absolute Gasteiger partial charge is 0.303 e. The lowest BCUT2D eigenvalue weighted by atomic mass is 9.51. The zero-order chi connectivity index (χ0) is 11.9. The van der Waals surface area contributed by atoms with Gasteiger partial charge in [0.05, 0.1) is 0 Å². The summed E-state index contributed by atoms with van der Waals surface area (Å²) >= 11 is 0. The highest BCUT2D eigenvalue weighted by Crippen LogP contribution is 2.60. The molecule has 2 saturated carbocycles. The number of hydrogen-bond donors (Lipinski definition) is 0. The van der Waals surface area contributed by atoms with Crippen molar-refractivity contribution < 1.29 is 9.53 Å². The normalized spacial score (nSPS) is 40.2. The van der Waals surface area contributed by atoms with Gasteiger partial charge in [-0.15, -0.1) is 0 Å². The highest BCUT2D eigenvalue weighted by atomic mass is 16.6. The Morgan fingerprint density at radius 1 is 1.24 bits per heavy atom. The van der Waals surface area contributed by atoms with Gasteiger partial charge in [0.15, 0.2) is 0 Å². The molecule has 0 amide bonds. The monoisotopic (exact) mass is 234 g/mol. The number of carbonyl (C=O) groups excluding carboxylic acids is 1. The van der Waals surface area contributed by atoms with E-state index in [0.29, 0.717) is 11.8 Å². The molecular formula is C15H22O2. The Bertz CT molecular complexity index is 358. The number of allylic oxidation sites excluding steroid dienone is 1. The van der Waals surface area contributed by atoms with E-state index in [1.54, 1.807) is 12.5 Å². The van der Waals surface area contributed by atoms with Crippen LogP contribution in [-0.4, -0.2) is 11.6 Å². The van der Waals surface area contributed by atoms with E-state index in [1.165, 1.54) is 44.9 Å². The molecule has 0 unspecified atom stereocenters. The van der Waals surface area contributed by atoms with Gasteiger partial charge in [0.2, 0.25) is 0 Å². The van der Waals surface area contributed by atoms with Gasteiger partial charge in [0.25, 0.3) is 0 Å². The minimum atomic E-state index is -0.0970. The standard InChI is InChI=1S/C15H22O2/c1-11(16)17-15-10-6-5-9-14(15)12-7-3-2-4-8-13(12)15/h7,13-14H,2-6,8-10H2,1H3/t13-,14+,15-/m0/s1. The Labute approximate surface area is 103 Å². The molecule has 2 fully saturated rings. The molecule has 0 radical (unpaired) electrons. The second kappa shape index (κ2) is 4.15. The molecule has 0 spiro atoms. The average Bonchev–Trinajstić information content (AvgIpc) is 2.50. The Hall–Kier alpha value is -0.790. The van der Waals surface area contributed by atoms with Crippen LogP contribution in [0.1, 0.15) is 58.3 Å². The third kappa shape index (κ3) is 1.64. The molecule has 0 aromatic rings. The number of rotatable bonds is 1. The van der Waals surface area contributed by atoms with E-state index in [0.717, 1.165) is 6.42 Å². The van der Waals surface area contributed by atoms with E-state index >= 15 is 0 Å². The molecule has 3 rings (SSSR count). The van der Waals surface area contributed by atoms with Crippen LogP contribution in [0, 0.1) is 11.8 Å². The molecule has 0 bridgehead atoms. The van der Waals surface area contributed by atoms with E-state index in [2.05, 4.69) is 6.08 Å². The highest BCUT2D eigenvalue weighted by Gasteiger charge is 2.61. The van der Waals surface area contributed by atoms with Crippen LogP contribution in [0.4, 0.5) is 0 Å². The first kappa shape index (κ1) is 11.3. The van der Waals surface area contributed by atoms with Gasteiger partial charge >= 0.3 is 5.97 Å². The van der Waals surface area contributed by atoms with E-state index in [9.17, 15) is 4.79 Å². The molecule has 2 nitrogen and oxygen atoms in total. The first-order chi connectivity index (χ1) is 8.24. The number of esters is 1. The second-order valence-electron chi connectivity index (χ2n) is 5.89. The van der Waals surface area contributed by atoms with Crippen molar-refractivity contribution in [1.29, 1.82) is 0 Å². The predicted octanol–water partition coefficient (Wildman–Crippen LogP) is 3.61. The molecule has 0 N–H and O–H groups in total. The fourth-order valence-corrected chi connectivity index (χ4v) is 4.38. The van der Waals surface area contributed by atoms with Gasteiger partial charge in [0, 0.05) is 18.8 Å². The topological polar surface area (TPSA) is 26.3 Å². The van der Waals surface area contributed by atoms with Crippen LogP contribution >= 0.6 is 0 Å². The minimum Gasteiger partial charge on any atom is -0.458 e. The van der Waals surface area contributed by atoms with Crippen molar-refractivity contribution in [3.05, 3.63) is 11.6 Å². The lowest BCUT2D eigenvalue weighted by Crippen LogP contribution is -2.61. The summed E-state index contributed by atoms with van der Waals surface area (Å²) in [6.07, 6.45) is 12.4. The molecule has 94 valence electrons. The fraction of sp³-hybridized carbons (Fsp3) is 0.800. The Morgan fingerprint density at radius 2 is 1.94 bits per heavy atom. The van der Waals surface area contributed by atoms with Crippen LogP contribution in [-0.2, 0) is 9.53 Å². The van der Waals surface area contributed by atoms with E-state index in [1.807, 2.05) is 0 Å². The average molecular weight is 234 g/mol. The van der Waals surface area contributed by atoms with Crippen LogP contribution in [0.25, 0.3) is 0 Å². The summed E-state index contributed by atoms with van der Waals surface area (Å²) in [5.41, 5.74) is 1.53. The van der Waals surface area contributed by atoms with E-state index < -0.39 is 0 Å². The van der Waals surface area contributed by atoms with Crippen molar-refractivity contribution in [1.82, 2.24) is 0 Å². The summed E-state index contributed by atoms with van der Waals surface area (Å²) in [6, 6.07) is 0. The zero-order valence-electron chi connectivity index (χ0n) is 10.7. The van der Waals surface area contributed by atoms with Gasteiger partial charge in [-0.3, -0.25) is 4.79 Å². The van der Waals surface area contributed by atoms with Crippen molar-refractivity contribution in [2.45, 2.75) is 63.9 Å². The van der Waals surface area contributed by atoms with E-state index in [4.69, 9.17) is 4.74 Å². The molecule has 0 aromatic heterocycles. The van der Waals surface area contributed by atoms with Crippen molar-refractivity contribution >= 4 is 5.97 Å². The summed E-state index contributed by atoms with van der Waals surface area (Å²) in [4.78, 5) is 11.4. The Morgan fingerprint density at radius 3 is 2.65 bits per heavy atom. The first-order valence-corrected chi connectivity index (χ1v) is 7.13. The Balaban J connectivity index is 1.90. The van der Waals surface area contributed by atoms with Crippen molar-refractivity contribution in [3.8, 4) is 0 Å². The molecule has 0 aromatic carbocycles. The third-order valence-corrected chi connectivity index (χ3v) is 4.96. The third-order valence-electron chi connectivity index (χ3n) is 4.96. The van der Waals surface area contributed by atoms with Crippen LogP contribution in [0.3, 0.4) is 0 Å². The summed E-state index contributed by atoms with van der Waals surface area (Å²) in [6.45, 7) is 1.57. The van der Waals surface area contributed by atoms with E-state index in [-0.39, 0.29) is 11.6 Å². The molecule has 0 heterocycles. The van der Waals surface area contributed by atoms with Gasteiger partial charge in [-0.05, 0) is 38.5 Å². The summed E-state index contributed by atoms with van der Waals surface area (Å²) < 4.78 is 5.82. The Kier molecular flexibility index (Phi) is 2.76. The van der Waals surface area contributed by atoms with Gasteiger partial charge in [-0.1, -0.05) is 24.5 Å². The van der Waals surface area contributed by atoms with Gasteiger partial charge in [-0.25, -0.2) is 0 Å². The molecule has 2 heteroatoms. The lowest BCUT2D eigenvalue weighted by Gasteiger charge is -2.59. The second-order valence-corrected chi connectivity index (χ2v) is 5.89. The van der Waals surface area contributed by atoms with Gasteiger partial charge in [0.1, 0.15) is 5.60 Å². The predicted molar refractivity (Wildman–Crippen MR) is 66.5 cm³/mol. The quantitative estimate of drug-likeness (QED) is 0.512. The number of fused-ring (bicyclic) bond motifs is 4. The summed E-state index contributed by atoms with van der Waals surface area (Å²) in [5, 5.41) is 0. The fourth-order valence-electron chi connectivity index (χ4n) is 4.38. The number of ether oxygens (including phenoxy) is 1. The van der Waals surface area contributed by atoms with Crippen LogP contribution in [0.15, 0.2) is 11.6 Å². The van der Waals surface area contributed by atoms with Gasteiger partial charge < -0.3 is 4.74 Å². The highest BCUT2D eigenvalue weighted by molar-refractivity contribution is 5.67. The molecule has 0 saturated heterocycles. The van der Waals surface area contributed by atoms with Crippen molar-refractivity contribution in [3.63, 3.8) is 0 Å². The zero-order valence-corrected chi connectivity index (χ0v) is 10.7. The van der Waals surface area contributed by atoms with Crippen molar-refractivity contribution in [2.24, 2.45) is 11.8 Å².